The van der Waals surface area contributed by atoms with Crippen LogP contribution >= 0.6 is 0 Å². The van der Waals surface area contributed by atoms with Gasteiger partial charge < -0.3 is 14.2 Å². The number of unbranched alkanes of at least 4 members (excludes halogenated alkanes) is 5. The highest BCUT2D eigenvalue weighted by Gasteiger charge is 2.19. The molecule has 0 fully saturated rings. The van der Waals surface area contributed by atoms with Crippen molar-refractivity contribution < 1.29 is 28.6 Å². The molecule has 77 heavy (non-hydrogen) atoms. The zero-order chi connectivity index (χ0) is 55.7. The van der Waals surface area contributed by atoms with Gasteiger partial charge in [-0.25, -0.2) is 0 Å². The summed E-state index contributed by atoms with van der Waals surface area (Å²) in [6.07, 6.45) is 96.9. The van der Waals surface area contributed by atoms with E-state index >= 15 is 0 Å². The SMILES string of the molecule is CC/C=C\C/C=C\C/C=C\C/C=C\C/C=C\C/C=C\CCCCCCC(=O)OCC(COC(=O)CCC/C=C\C/C=C\C/C=C\C/C=C\C/C=C\CC)OC(=O)CC/C=C\C/C=C\C/C=C\C/C=C\C/C=C\C/C=C\CC. The third-order valence-corrected chi connectivity index (χ3v) is 11.3. The molecule has 1 atom stereocenters. The Balaban J connectivity index is 4.67. The fraction of sp³-hybridized carbons (Fsp3) is 0.479. The van der Waals surface area contributed by atoms with Crippen molar-refractivity contribution in [1.29, 1.82) is 0 Å². The van der Waals surface area contributed by atoms with E-state index in [4.69, 9.17) is 14.2 Å². The number of rotatable bonds is 50. The summed E-state index contributed by atoms with van der Waals surface area (Å²) in [4.78, 5) is 38.2. The standard InChI is InChI=1S/C71H104O6/c1-4-7-10-13-16-19-22-25-28-31-33-34-35-36-38-40-43-46-49-52-55-58-61-64-70(73)76-67-68(66-75-69(72)63-60-57-54-51-48-45-42-39-30-27-24-21-18-15-12-9-6-3)77-71(74)65-62-59-56-53-50-47-44-41-37-32-29-26-23-20-17-14-11-8-5-2/h7-12,16-21,25-30,33-34,36-38,41-43,45-47,50-51,54,56,59,68H,4-6,13-15,22-24,31-32,35,39-40,44,48-49,52-53,55,57-58,60-67H2,1-3H3/b10-7-,11-8-,12-9-,19-16-,20-17-,21-18-,28-25-,29-26-,30-27-,34-33-,38-36-,41-37-,45-42-,46-43-,50-47-,54-51-,59-56-. The Kier molecular flexibility index (Phi) is 57.6. The molecule has 424 valence electrons. The number of ether oxygens (including phenoxy) is 3. The minimum Gasteiger partial charge on any atom is -0.462 e. The zero-order valence-electron chi connectivity index (χ0n) is 48.4. The van der Waals surface area contributed by atoms with Crippen molar-refractivity contribution >= 4 is 17.9 Å². The first-order valence-corrected chi connectivity index (χ1v) is 29.6. The number of hydrogen-bond donors (Lipinski definition) is 0. The van der Waals surface area contributed by atoms with Crippen molar-refractivity contribution in [3.63, 3.8) is 0 Å². The average molecular weight is 1050 g/mol. The molecule has 0 spiro atoms. The number of carbonyl (C=O) groups is 3. The van der Waals surface area contributed by atoms with Crippen molar-refractivity contribution in [2.45, 2.75) is 207 Å². The van der Waals surface area contributed by atoms with Gasteiger partial charge in [-0.2, -0.15) is 0 Å². The monoisotopic (exact) mass is 1050 g/mol. The molecule has 0 rings (SSSR count). The van der Waals surface area contributed by atoms with Gasteiger partial charge in [0, 0.05) is 19.3 Å². The first kappa shape index (κ1) is 71.0. The second kappa shape index (κ2) is 62.5. The van der Waals surface area contributed by atoms with E-state index in [1.807, 2.05) is 12.2 Å². The van der Waals surface area contributed by atoms with E-state index in [-0.39, 0.29) is 38.0 Å². The summed E-state index contributed by atoms with van der Waals surface area (Å²) in [5.41, 5.74) is 0. The van der Waals surface area contributed by atoms with Crippen molar-refractivity contribution in [3.8, 4) is 0 Å². The Morgan fingerprint density at radius 2 is 0.506 bits per heavy atom. The highest BCUT2D eigenvalue weighted by Crippen LogP contribution is 2.10. The lowest BCUT2D eigenvalue weighted by molar-refractivity contribution is -0.166. The molecule has 6 heteroatoms. The van der Waals surface area contributed by atoms with Crippen LogP contribution in [0.3, 0.4) is 0 Å². The summed E-state index contributed by atoms with van der Waals surface area (Å²) in [5.74, 6) is -1.14. The largest absolute Gasteiger partial charge is 0.462 e. The van der Waals surface area contributed by atoms with Gasteiger partial charge in [0.15, 0.2) is 6.10 Å². The lowest BCUT2D eigenvalue weighted by Gasteiger charge is -2.18. The van der Waals surface area contributed by atoms with Crippen LogP contribution in [0.4, 0.5) is 0 Å². The smallest absolute Gasteiger partial charge is 0.306 e. The maximum Gasteiger partial charge on any atom is 0.306 e. The third-order valence-electron chi connectivity index (χ3n) is 11.3. The van der Waals surface area contributed by atoms with Crippen LogP contribution in [-0.4, -0.2) is 37.2 Å². The predicted octanol–water partition coefficient (Wildman–Crippen LogP) is 20.4. The molecule has 0 bridgehead atoms. The van der Waals surface area contributed by atoms with Crippen molar-refractivity contribution in [1.82, 2.24) is 0 Å². The van der Waals surface area contributed by atoms with Crippen LogP contribution in [-0.2, 0) is 28.6 Å². The van der Waals surface area contributed by atoms with Gasteiger partial charge in [0.25, 0.3) is 0 Å². The highest BCUT2D eigenvalue weighted by molar-refractivity contribution is 5.71. The number of allylic oxidation sites excluding steroid dienone is 34. The van der Waals surface area contributed by atoms with Crippen molar-refractivity contribution in [3.05, 3.63) is 207 Å². The first-order chi connectivity index (χ1) is 38.0. The van der Waals surface area contributed by atoms with E-state index in [2.05, 4.69) is 215 Å². The number of carbonyl (C=O) groups excluding carboxylic acids is 3. The van der Waals surface area contributed by atoms with E-state index in [1.54, 1.807) is 0 Å². The van der Waals surface area contributed by atoms with Gasteiger partial charge in [-0.3, -0.25) is 14.4 Å². The Labute approximate surface area is 470 Å². The number of esters is 3. The topological polar surface area (TPSA) is 78.9 Å². The summed E-state index contributed by atoms with van der Waals surface area (Å²) in [5, 5.41) is 0. The summed E-state index contributed by atoms with van der Waals surface area (Å²) in [6.45, 7) is 6.13. The van der Waals surface area contributed by atoms with Crippen LogP contribution in [0, 0.1) is 0 Å². The maximum absolute atomic E-state index is 12.9. The predicted molar refractivity (Wildman–Crippen MR) is 333 cm³/mol. The lowest BCUT2D eigenvalue weighted by atomic mass is 10.1. The lowest BCUT2D eigenvalue weighted by Crippen LogP contribution is -2.30. The fourth-order valence-electron chi connectivity index (χ4n) is 6.98. The molecule has 6 nitrogen and oxygen atoms in total. The molecule has 0 amide bonds. The molecule has 0 aromatic carbocycles. The zero-order valence-corrected chi connectivity index (χ0v) is 48.4. The molecule has 0 radical (unpaired) electrons. The van der Waals surface area contributed by atoms with Crippen LogP contribution in [0.5, 0.6) is 0 Å². The van der Waals surface area contributed by atoms with E-state index < -0.39 is 12.1 Å². The van der Waals surface area contributed by atoms with Crippen molar-refractivity contribution in [2.24, 2.45) is 0 Å². The van der Waals surface area contributed by atoms with Crippen LogP contribution in [0.15, 0.2) is 207 Å². The molecule has 0 heterocycles. The molecule has 0 aliphatic carbocycles. The molecule has 1 unspecified atom stereocenters. The minimum atomic E-state index is -0.868. The second-order valence-electron chi connectivity index (χ2n) is 18.4. The van der Waals surface area contributed by atoms with Gasteiger partial charge in [-0.15, -0.1) is 0 Å². The molecule has 0 aromatic heterocycles. The van der Waals surface area contributed by atoms with E-state index in [0.29, 0.717) is 19.3 Å². The molecule has 0 aliphatic heterocycles. The molecular weight excluding hydrogens is 949 g/mol. The quantitative estimate of drug-likeness (QED) is 0.0261. The first-order valence-electron chi connectivity index (χ1n) is 29.6. The van der Waals surface area contributed by atoms with Gasteiger partial charge >= 0.3 is 17.9 Å². The maximum atomic E-state index is 12.9. The Hall–Kier alpha value is -6.01. The Bertz CT molecular complexity index is 1930. The van der Waals surface area contributed by atoms with Gasteiger partial charge in [-0.1, -0.05) is 240 Å². The summed E-state index contributed by atoms with van der Waals surface area (Å²) >= 11 is 0. The minimum absolute atomic E-state index is 0.152. The van der Waals surface area contributed by atoms with Crippen LogP contribution in [0.25, 0.3) is 0 Å². The van der Waals surface area contributed by atoms with Crippen LogP contribution in [0.2, 0.25) is 0 Å². The molecule has 0 saturated carbocycles. The number of hydrogen-bond acceptors (Lipinski definition) is 6. The Morgan fingerprint density at radius 3 is 0.818 bits per heavy atom. The Morgan fingerprint density at radius 1 is 0.260 bits per heavy atom. The third kappa shape index (κ3) is 60.7. The average Bonchev–Trinajstić information content (AvgIpc) is 3.43. The van der Waals surface area contributed by atoms with E-state index in [0.717, 1.165) is 148 Å². The molecule has 0 saturated heterocycles. The van der Waals surface area contributed by atoms with Gasteiger partial charge in [0.2, 0.25) is 0 Å². The summed E-state index contributed by atoms with van der Waals surface area (Å²) < 4.78 is 16.7. The highest BCUT2D eigenvalue weighted by atomic mass is 16.6. The normalized spacial score (nSPS) is 13.6. The van der Waals surface area contributed by atoms with Gasteiger partial charge in [0.1, 0.15) is 13.2 Å². The fourth-order valence-corrected chi connectivity index (χ4v) is 6.98. The van der Waals surface area contributed by atoms with Crippen LogP contribution < -0.4 is 0 Å². The molecule has 0 aliphatic rings. The summed E-state index contributed by atoms with van der Waals surface area (Å²) in [7, 11) is 0. The van der Waals surface area contributed by atoms with E-state index in [1.165, 1.54) is 0 Å². The van der Waals surface area contributed by atoms with Gasteiger partial charge in [-0.05, 0) is 148 Å². The molecule has 0 N–H and O–H groups in total. The molecule has 0 aromatic rings. The second-order valence-corrected chi connectivity index (χ2v) is 18.4. The van der Waals surface area contributed by atoms with Crippen molar-refractivity contribution in [2.75, 3.05) is 13.2 Å². The van der Waals surface area contributed by atoms with Gasteiger partial charge in [0.05, 0.1) is 0 Å². The van der Waals surface area contributed by atoms with Crippen LogP contribution in [0.1, 0.15) is 201 Å². The molecular formula is C71H104O6. The van der Waals surface area contributed by atoms with E-state index in [9.17, 15) is 14.4 Å². The summed E-state index contributed by atoms with van der Waals surface area (Å²) in [6, 6.07) is 0.